The zero-order valence-electron chi connectivity index (χ0n) is 12.9. The summed E-state index contributed by atoms with van der Waals surface area (Å²) in [6, 6.07) is 20.2. The molecule has 0 aromatic heterocycles. The van der Waals surface area contributed by atoms with Gasteiger partial charge in [0.2, 0.25) is 0 Å². The molecule has 0 heterocycles. The molecule has 0 aliphatic carbocycles. The molecule has 0 aliphatic heterocycles. The van der Waals surface area contributed by atoms with Gasteiger partial charge in [-0.05, 0) is 11.1 Å². The van der Waals surface area contributed by atoms with Crippen molar-refractivity contribution in [2.45, 2.75) is 20.0 Å². The van der Waals surface area contributed by atoms with Crippen LogP contribution in [0.15, 0.2) is 60.7 Å². The molecule has 0 saturated heterocycles. The standard InChI is InChI=1S/C18H22N2O2/c1-16(21)22-20(15-18-10-6-3-7-11-18)13-12-19-14-17-8-4-2-5-9-17/h2-11,19H,12-15H2,1H3. The number of hydrogen-bond donors (Lipinski definition) is 1. The Morgan fingerprint density at radius 2 is 1.59 bits per heavy atom. The molecule has 4 heteroatoms. The van der Waals surface area contributed by atoms with Crippen LogP contribution in [0, 0.1) is 0 Å². The molecule has 0 saturated carbocycles. The van der Waals surface area contributed by atoms with E-state index in [9.17, 15) is 4.79 Å². The maximum absolute atomic E-state index is 11.2. The maximum Gasteiger partial charge on any atom is 0.322 e. The fraction of sp³-hybridized carbons (Fsp3) is 0.278. The zero-order valence-corrected chi connectivity index (χ0v) is 12.9. The van der Waals surface area contributed by atoms with Crippen molar-refractivity contribution in [1.29, 1.82) is 0 Å². The summed E-state index contributed by atoms with van der Waals surface area (Å²) in [7, 11) is 0. The van der Waals surface area contributed by atoms with Gasteiger partial charge in [-0.3, -0.25) is 4.79 Å². The van der Waals surface area contributed by atoms with E-state index in [1.807, 2.05) is 48.5 Å². The second kappa shape index (κ2) is 8.97. The van der Waals surface area contributed by atoms with Crippen LogP contribution in [0.3, 0.4) is 0 Å². The van der Waals surface area contributed by atoms with Crippen molar-refractivity contribution in [3.8, 4) is 0 Å². The molecule has 22 heavy (non-hydrogen) atoms. The lowest BCUT2D eigenvalue weighted by atomic mass is 10.2. The van der Waals surface area contributed by atoms with Gasteiger partial charge < -0.3 is 10.2 Å². The monoisotopic (exact) mass is 298 g/mol. The molecule has 0 aliphatic rings. The minimum absolute atomic E-state index is 0.293. The topological polar surface area (TPSA) is 41.6 Å². The molecule has 2 aromatic carbocycles. The van der Waals surface area contributed by atoms with Crippen LogP contribution in [0.5, 0.6) is 0 Å². The summed E-state index contributed by atoms with van der Waals surface area (Å²) in [5.41, 5.74) is 2.36. The maximum atomic E-state index is 11.2. The minimum atomic E-state index is -0.293. The lowest BCUT2D eigenvalue weighted by Gasteiger charge is -2.20. The van der Waals surface area contributed by atoms with Gasteiger partial charge in [-0.25, -0.2) is 0 Å². The van der Waals surface area contributed by atoms with E-state index in [0.29, 0.717) is 13.1 Å². The van der Waals surface area contributed by atoms with E-state index >= 15 is 0 Å². The van der Waals surface area contributed by atoms with Gasteiger partial charge in [0, 0.05) is 26.6 Å². The van der Waals surface area contributed by atoms with Crippen molar-refractivity contribution < 1.29 is 9.63 Å². The van der Waals surface area contributed by atoms with Gasteiger partial charge in [0.05, 0.1) is 6.54 Å². The van der Waals surface area contributed by atoms with E-state index in [4.69, 9.17) is 4.84 Å². The van der Waals surface area contributed by atoms with Crippen LogP contribution in [0.2, 0.25) is 0 Å². The molecule has 2 aromatic rings. The average Bonchev–Trinajstić information content (AvgIpc) is 2.53. The number of carbonyl (C=O) groups excluding carboxylic acids is 1. The van der Waals surface area contributed by atoms with Crippen molar-refractivity contribution in [2.24, 2.45) is 0 Å². The zero-order chi connectivity index (χ0) is 15.6. The van der Waals surface area contributed by atoms with Crippen LogP contribution >= 0.6 is 0 Å². The third-order valence-electron chi connectivity index (χ3n) is 3.17. The Morgan fingerprint density at radius 1 is 1.00 bits per heavy atom. The van der Waals surface area contributed by atoms with Crippen LogP contribution < -0.4 is 5.32 Å². The number of nitrogens with zero attached hydrogens (tertiary/aromatic N) is 1. The van der Waals surface area contributed by atoms with Crippen molar-refractivity contribution in [3.63, 3.8) is 0 Å². The molecule has 2 rings (SSSR count). The molecule has 4 nitrogen and oxygen atoms in total. The Morgan fingerprint density at radius 3 is 2.18 bits per heavy atom. The number of benzene rings is 2. The van der Waals surface area contributed by atoms with Crippen molar-refractivity contribution in [1.82, 2.24) is 10.4 Å². The van der Waals surface area contributed by atoms with E-state index in [1.165, 1.54) is 12.5 Å². The molecule has 0 amide bonds. The quantitative estimate of drug-likeness (QED) is 0.601. The lowest BCUT2D eigenvalue weighted by molar-refractivity contribution is -0.190. The van der Waals surface area contributed by atoms with Crippen molar-refractivity contribution >= 4 is 5.97 Å². The fourth-order valence-corrected chi connectivity index (χ4v) is 2.16. The van der Waals surface area contributed by atoms with Gasteiger partial charge in [-0.15, -0.1) is 5.06 Å². The predicted octanol–water partition coefficient (Wildman–Crippen LogP) is 2.76. The van der Waals surface area contributed by atoms with Crippen LogP contribution in [0.4, 0.5) is 0 Å². The van der Waals surface area contributed by atoms with Gasteiger partial charge in [0.1, 0.15) is 0 Å². The molecule has 0 fully saturated rings. The highest BCUT2D eigenvalue weighted by molar-refractivity contribution is 5.65. The van der Waals surface area contributed by atoms with E-state index in [2.05, 4.69) is 17.4 Å². The number of carbonyl (C=O) groups is 1. The molecule has 0 unspecified atom stereocenters. The highest BCUT2D eigenvalue weighted by atomic mass is 16.7. The summed E-state index contributed by atoms with van der Waals surface area (Å²) in [4.78, 5) is 16.5. The van der Waals surface area contributed by atoms with E-state index in [0.717, 1.165) is 18.7 Å². The van der Waals surface area contributed by atoms with Crippen LogP contribution in [0.25, 0.3) is 0 Å². The summed E-state index contributed by atoms with van der Waals surface area (Å²) in [6.07, 6.45) is 0. The molecule has 0 atom stereocenters. The first-order chi connectivity index (χ1) is 10.7. The fourth-order valence-electron chi connectivity index (χ4n) is 2.16. The smallest absolute Gasteiger partial charge is 0.322 e. The second-order valence-electron chi connectivity index (χ2n) is 5.09. The highest BCUT2D eigenvalue weighted by Gasteiger charge is 2.09. The number of nitrogens with one attached hydrogen (secondary N) is 1. The summed E-state index contributed by atoms with van der Waals surface area (Å²) in [5.74, 6) is -0.293. The molecular formula is C18H22N2O2. The molecule has 0 bridgehead atoms. The van der Waals surface area contributed by atoms with Gasteiger partial charge in [0.25, 0.3) is 0 Å². The van der Waals surface area contributed by atoms with Gasteiger partial charge in [-0.2, -0.15) is 0 Å². The Kier molecular flexibility index (Phi) is 6.61. The number of hydroxylamine groups is 2. The Hall–Kier alpha value is -2.17. The lowest BCUT2D eigenvalue weighted by Crippen LogP contribution is -2.33. The third-order valence-corrected chi connectivity index (χ3v) is 3.17. The van der Waals surface area contributed by atoms with E-state index in [-0.39, 0.29) is 5.97 Å². The van der Waals surface area contributed by atoms with E-state index < -0.39 is 0 Å². The predicted molar refractivity (Wildman–Crippen MR) is 86.8 cm³/mol. The first kappa shape index (κ1) is 16.2. The summed E-state index contributed by atoms with van der Waals surface area (Å²) < 4.78 is 0. The number of hydrogen-bond acceptors (Lipinski definition) is 4. The molecule has 0 spiro atoms. The van der Waals surface area contributed by atoms with Crippen molar-refractivity contribution in [3.05, 3.63) is 71.8 Å². The number of rotatable bonds is 8. The van der Waals surface area contributed by atoms with Crippen LogP contribution in [-0.4, -0.2) is 24.1 Å². The van der Waals surface area contributed by atoms with Gasteiger partial charge >= 0.3 is 5.97 Å². The summed E-state index contributed by atoms with van der Waals surface area (Å²) >= 11 is 0. The second-order valence-corrected chi connectivity index (χ2v) is 5.09. The van der Waals surface area contributed by atoms with Gasteiger partial charge in [0.15, 0.2) is 0 Å². The largest absolute Gasteiger partial charge is 0.368 e. The average molecular weight is 298 g/mol. The molecule has 1 N–H and O–H groups in total. The Labute approximate surface area is 131 Å². The molecule has 116 valence electrons. The van der Waals surface area contributed by atoms with Crippen molar-refractivity contribution in [2.75, 3.05) is 13.1 Å². The SMILES string of the molecule is CC(=O)ON(CCNCc1ccccc1)Cc1ccccc1. The summed E-state index contributed by atoms with van der Waals surface area (Å²) in [6.45, 7) is 4.21. The summed E-state index contributed by atoms with van der Waals surface area (Å²) in [5, 5.41) is 5.05. The minimum Gasteiger partial charge on any atom is -0.368 e. The van der Waals surface area contributed by atoms with E-state index in [1.54, 1.807) is 5.06 Å². The first-order valence-electron chi connectivity index (χ1n) is 7.46. The van der Waals surface area contributed by atoms with Crippen LogP contribution in [0.1, 0.15) is 18.1 Å². The molecular weight excluding hydrogens is 276 g/mol. The Bertz CT molecular complexity index is 558. The molecule has 0 radical (unpaired) electrons. The normalized spacial score (nSPS) is 10.6. The first-order valence-corrected chi connectivity index (χ1v) is 7.46. The third kappa shape index (κ3) is 6.08. The van der Waals surface area contributed by atoms with Crippen LogP contribution in [-0.2, 0) is 22.7 Å². The van der Waals surface area contributed by atoms with Gasteiger partial charge in [-0.1, -0.05) is 60.7 Å². The Balaban J connectivity index is 1.78. The highest BCUT2D eigenvalue weighted by Crippen LogP contribution is 2.05.